The molecule has 1 aromatic carbocycles. The lowest BCUT2D eigenvalue weighted by atomic mass is 9.99. The average molecular weight is 422 g/mol. The minimum absolute atomic E-state index is 0.0863. The Hall–Kier alpha value is -1.98. The van der Waals surface area contributed by atoms with Crippen molar-refractivity contribution in [3.8, 4) is 0 Å². The smallest absolute Gasteiger partial charge is 0.374 e. The summed E-state index contributed by atoms with van der Waals surface area (Å²) in [6.07, 6.45) is -5.27. The summed E-state index contributed by atoms with van der Waals surface area (Å²) in [7, 11) is -3.37. The second-order valence-electron chi connectivity index (χ2n) is 6.02. The van der Waals surface area contributed by atoms with Gasteiger partial charge in [0.1, 0.15) is 5.01 Å². The van der Waals surface area contributed by atoms with Gasteiger partial charge in [0, 0.05) is 23.9 Å². The highest BCUT2D eigenvalue weighted by molar-refractivity contribution is 7.90. The zero-order valence-corrected chi connectivity index (χ0v) is 16.0. The molecule has 0 saturated carbocycles. The Morgan fingerprint density at radius 3 is 2.30 bits per heavy atom. The largest absolute Gasteiger partial charge is 0.424 e. The molecule has 6 nitrogen and oxygen atoms in total. The Balaban J connectivity index is 2.08. The highest BCUT2D eigenvalue weighted by atomic mass is 32.2. The Morgan fingerprint density at radius 2 is 1.85 bits per heavy atom. The second-order valence-corrected chi connectivity index (χ2v) is 8.90. The zero-order chi connectivity index (χ0) is 20.5. The van der Waals surface area contributed by atoms with Crippen LogP contribution in [-0.2, 0) is 26.8 Å². The van der Waals surface area contributed by atoms with Gasteiger partial charge in [0.15, 0.2) is 9.84 Å². The highest BCUT2D eigenvalue weighted by Crippen LogP contribution is 2.42. The van der Waals surface area contributed by atoms with Crippen LogP contribution < -0.4 is 5.32 Å². The SMILES string of the molecule is Cc1csc(C(O)(CC(=O)NCc2ccc(S(C)(=O)=O)cc2)C(F)(F)F)n1. The van der Waals surface area contributed by atoms with Crippen molar-refractivity contribution in [2.24, 2.45) is 0 Å². The Bertz CT molecular complexity index is 924. The molecule has 1 atom stereocenters. The fourth-order valence-electron chi connectivity index (χ4n) is 2.19. The van der Waals surface area contributed by atoms with Crippen LogP contribution in [0.5, 0.6) is 0 Å². The third-order valence-electron chi connectivity index (χ3n) is 3.70. The van der Waals surface area contributed by atoms with Gasteiger partial charge in [-0.15, -0.1) is 11.3 Å². The van der Waals surface area contributed by atoms with E-state index >= 15 is 0 Å². The molecule has 11 heteroatoms. The molecule has 27 heavy (non-hydrogen) atoms. The number of aromatic nitrogens is 1. The van der Waals surface area contributed by atoms with Crippen molar-refractivity contribution in [3.05, 3.63) is 45.9 Å². The number of carbonyl (C=O) groups is 1. The summed E-state index contributed by atoms with van der Waals surface area (Å²) in [5, 5.41) is 13.2. The van der Waals surface area contributed by atoms with E-state index in [-0.39, 0.29) is 11.4 Å². The summed E-state index contributed by atoms with van der Waals surface area (Å²) in [6, 6.07) is 5.55. The summed E-state index contributed by atoms with van der Waals surface area (Å²) in [4.78, 5) is 15.7. The van der Waals surface area contributed by atoms with E-state index in [1.165, 1.54) is 36.6 Å². The van der Waals surface area contributed by atoms with E-state index in [0.717, 1.165) is 6.26 Å². The van der Waals surface area contributed by atoms with Crippen molar-refractivity contribution in [1.82, 2.24) is 10.3 Å². The summed E-state index contributed by atoms with van der Waals surface area (Å²) < 4.78 is 62.9. The summed E-state index contributed by atoms with van der Waals surface area (Å²) in [6.45, 7) is 1.37. The average Bonchev–Trinajstić information content (AvgIpc) is 2.98. The standard InChI is InChI=1S/C16H17F3N2O4S2/c1-10-9-26-14(21-10)15(23,16(17,18)19)7-13(22)20-8-11-3-5-12(6-4-11)27(2,24)25/h3-6,9,23H,7-8H2,1-2H3,(H,20,22). The molecule has 1 heterocycles. The number of alkyl halides is 3. The van der Waals surface area contributed by atoms with Crippen LogP contribution >= 0.6 is 11.3 Å². The molecule has 0 radical (unpaired) electrons. The van der Waals surface area contributed by atoms with Crippen molar-refractivity contribution in [2.45, 2.75) is 36.6 Å². The van der Waals surface area contributed by atoms with Crippen molar-refractivity contribution < 1.29 is 31.5 Å². The third-order valence-corrected chi connectivity index (χ3v) is 5.94. The summed E-state index contributed by atoms with van der Waals surface area (Å²) in [5.74, 6) is -1.02. The van der Waals surface area contributed by atoms with Crippen LogP contribution in [0.25, 0.3) is 0 Å². The Labute approximate surface area is 158 Å². The maximum Gasteiger partial charge on any atom is 0.424 e. The minimum atomic E-state index is -5.08. The van der Waals surface area contributed by atoms with Crippen LogP contribution in [0.1, 0.15) is 22.7 Å². The quantitative estimate of drug-likeness (QED) is 0.745. The monoisotopic (exact) mass is 422 g/mol. The zero-order valence-electron chi connectivity index (χ0n) is 14.4. The number of rotatable bonds is 6. The van der Waals surface area contributed by atoms with Gasteiger partial charge in [0.25, 0.3) is 0 Å². The van der Waals surface area contributed by atoms with Gasteiger partial charge in [0.05, 0.1) is 11.3 Å². The van der Waals surface area contributed by atoms with Crippen LogP contribution in [0, 0.1) is 6.92 Å². The lowest BCUT2D eigenvalue weighted by Gasteiger charge is -2.27. The number of aryl methyl sites for hydroxylation is 1. The molecule has 0 aliphatic heterocycles. The van der Waals surface area contributed by atoms with Crippen LogP contribution in [0.3, 0.4) is 0 Å². The van der Waals surface area contributed by atoms with Crippen molar-refractivity contribution in [3.63, 3.8) is 0 Å². The third kappa shape index (κ3) is 5.05. The number of nitrogens with one attached hydrogen (secondary N) is 1. The highest BCUT2D eigenvalue weighted by Gasteiger charge is 2.58. The molecule has 0 aliphatic rings. The molecule has 2 rings (SSSR count). The molecular weight excluding hydrogens is 405 g/mol. The molecule has 2 aromatic rings. The first-order chi connectivity index (χ1) is 12.3. The van der Waals surface area contributed by atoms with Gasteiger partial charge in [-0.1, -0.05) is 12.1 Å². The predicted octanol–water partition coefficient (Wildman–Crippen LogP) is 2.31. The van der Waals surface area contributed by atoms with Crippen molar-refractivity contribution >= 4 is 27.1 Å². The maximum absolute atomic E-state index is 13.4. The fraction of sp³-hybridized carbons (Fsp3) is 0.375. The van der Waals surface area contributed by atoms with Crippen molar-refractivity contribution in [1.29, 1.82) is 0 Å². The molecule has 0 bridgehead atoms. The molecule has 148 valence electrons. The Morgan fingerprint density at radius 1 is 1.26 bits per heavy atom. The van der Waals surface area contributed by atoms with Crippen LogP contribution in [-0.4, -0.2) is 36.8 Å². The molecular formula is C16H17F3N2O4S2. The van der Waals surface area contributed by atoms with Crippen LogP contribution in [0.15, 0.2) is 34.5 Å². The van der Waals surface area contributed by atoms with E-state index in [4.69, 9.17) is 0 Å². The van der Waals surface area contributed by atoms with E-state index in [9.17, 15) is 31.5 Å². The number of hydrogen-bond acceptors (Lipinski definition) is 6. The molecule has 1 amide bonds. The molecule has 1 unspecified atom stereocenters. The van der Waals surface area contributed by atoms with Crippen LogP contribution in [0.4, 0.5) is 13.2 Å². The van der Waals surface area contributed by atoms with Gasteiger partial charge in [-0.25, -0.2) is 13.4 Å². The van der Waals surface area contributed by atoms with Gasteiger partial charge < -0.3 is 10.4 Å². The maximum atomic E-state index is 13.4. The number of nitrogens with zero attached hydrogens (tertiary/aromatic N) is 1. The number of benzene rings is 1. The normalized spacial score (nSPS) is 14.6. The number of hydrogen-bond donors (Lipinski definition) is 2. The molecule has 0 spiro atoms. The molecule has 0 aliphatic carbocycles. The number of amides is 1. The summed E-state index contributed by atoms with van der Waals surface area (Å²) >= 11 is 0.626. The fourth-order valence-corrected chi connectivity index (χ4v) is 3.74. The number of carbonyl (C=O) groups excluding carboxylic acids is 1. The van der Waals surface area contributed by atoms with E-state index in [0.29, 0.717) is 22.6 Å². The molecule has 0 saturated heterocycles. The van der Waals surface area contributed by atoms with Gasteiger partial charge in [-0.3, -0.25) is 4.79 Å². The number of aliphatic hydroxyl groups is 1. The van der Waals surface area contributed by atoms with Gasteiger partial charge in [-0.2, -0.15) is 13.2 Å². The molecule has 1 aromatic heterocycles. The second kappa shape index (κ2) is 7.56. The lowest BCUT2D eigenvalue weighted by Crippen LogP contribution is -2.46. The van der Waals surface area contributed by atoms with Crippen LogP contribution in [0.2, 0.25) is 0 Å². The first kappa shape index (κ1) is 21.3. The predicted molar refractivity (Wildman–Crippen MR) is 92.8 cm³/mol. The van der Waals surface area contributed by atoms with E-state index in [1.807, 2.05) is 0 Å². The summed E-state index contributed by atoms with van der Waals surface area (Å²) in [5.41, 5.74) is -2.57. The van der Waals surface area contributed by atoms with Gasteiger partial charge >= 0.3 is 6.18 Å². The topological polar surface area (TPSA) is 96.4 Å². The lowest BCUT2D eigenvalue weighted by molar-refractivity contribution is -0.267. The van der Waals surface area contributed by atoms with E-state index < -0.39 is 39.0 Å². The number of sulfone groups is 1. The minimum Gasteiger partial charge on any atom is -0.374 e. The Kier molecular flexibility index (Phi) is 5.97. The first-order valence-corrected chi connectivity index (χ1v) is 10.4. The number of halogens is 3. The van der Waals surface area contributed by atoms with E-state index in [1.54, 1.807) is 0 Å². The van der Waals surface area contributed by atoms with E-state index in [2.05, 4.69) is 10.3 Å². The van der Waals surface area contributed by atoms with Gasteiger partial charge in [-0.05, 0) is 24.6 Å². The first-order valence-electron chi connectivity index (χ1n) is 7.60. The van der Waals surface area contributed by atoms with Gasteiger partial charge in [0.2, 0.25) is 11.5 Å². The molecule has 0 fully saturated rings. The molecule has 2 N–H and O–H groups in total. The number of thiazole rings is 1. The van der Waals surface area contributed by atoms with Crippen molar-refractivity contribution in [2.75, 3.05) is 6.26 Å².